The van der Waals surface area contributed by atoms with E-state index in [1.54, 1.807) is 12.1 Å². The van der Waals surface area contributed by atoms with Gasteiger partial charge in [-0.3, -0.25) is 4.79 Å². The first kappa shape index (κ1) is 10.5. The molecule has 3 nitrogen and oxygen atoms in total. The highest BCUT2D eigenvalue weighted by atomic mass is 35.5. The van der Waals surface area contributed by atoms with E-state index in [1.165, 1.54) is 0 Å². The molecule has 4 heteroatoms. The third-order valence-corrected chi connectivity index (χ3v) is 2.52. The summed E-state index contributed by atoms with van der Waals surface area (Å²) >= 11 is 5.80. The first-order chi connectivity index (χ1) is 7.24. The predicted octanol–water partition coefficient (Wildman–Crippen LogP) is 2.32. The van der Waals surface area contributed by atoms with Crippen molar-refractivity contribution in [1.29, 1.82) is 0 Å². The van der Waals surface area contributed by atoms with Gasteiger partial charge >= 0.3 is 0 Å². The largest absolute Gasteiger partial charge is 0.381 e. The molecule has 80 valence electrons. The summed E-state index contributed by atoms with van der Waals surface area (Å²) in [6.07, 6.45) is 0.520. The van der Waals surface area contributed by atoms with E-state index in [-0.39, 0.29) is 5.91 Å². The number of carbonyl (C=O) groups excluding carboxylic acids is 1. The molecule has 0 atom stereocenters. The van der Waals surface area contributed by atoms with Crippen LogP contribution in [0, 0.1) is 5.92 Å². The van der Waals surface area contributed by atoms with Gasteiger partial charge in [0.15, 0.2) is 0 Å². The number of rotatable bonds is 3. The third kappa shape index (κ3) is 2.94. The van der Waals surface area contributed by atoms with Gasteiger partial charge in [-0.15, -0.1) is 0 Å². The molecule has 0 aromatic heterocycles. The molecule has 0 aliphatic carbocycles. The number of hydrogen-bond acceptors (Lipinski definition) is 2. The summed E-state index contributed by atoms with van der Waals surface area (Å²) < 4.78 is 5.00. The summed E-state index contributed by atoms with van der Waals surface area (Å²) in [7, 11) is 0. The summed E-state index contributed by atoms with van der Waals surface area (Å²) in [4.78, 5) is 11.5. The molecule has 2 rings (SSSR count). The summed E-state index contributed by atoms with van der Waals surface area (Å²) in [5.41, 5.74) is 0.743. The molecule has 1 fully saturated rings. The minimum Gasteiger partial charge on any atom is -0.381 e. The molecule has 1 heterocycles. The molecule has 1 aromatic rings. The Labute approximate surface area is 93.4 Å². The van der Waals surface area contributed by atoms with E-state index in [9.17, 15) is 4.79 Å². The van der Waals surface area contributed by atoms with E-state index in [0.717, 1.165) is 5.69 Å². The van der Waals surface area contributed by atoms with Gasteiger partial charge in [0.1, 0.15) is 0 Å². The quantitative estimate of drug-likeness (QED) is 0.858. The average Bonchev–Trinajstić information content (AvgIpc) is 2.11. The molecule has 0 spiro atoms. The Morgan fingerprint density at radius 1 is 1.53 bits per heavy atom. The Morgan fingerprint density at radius 3 is 2.93 bits per heavy atom. The second-order valence-electron chi connectivity index (χ2n) is 3.67. The van der Waals surface area contributed by atoms with Crippen LogP contribution in [-0.2, 0) is 9.53 Å². The molecule has 0 bridgehead atoms. The van der Waals surface area contributed by atoms with Gasteiger partial charge in [-0.1, -0.05) is 17.7 Å². The molecule has 0 radical (unpaired) electrons. The number of carbonyl (C=O) groups is 1. The van der Waals surface area contributed by atoms with Crippen molar-refractivity contribution < 1.29 is 9.53 Å². The fourth-order valence-electron chi connectivity index (χ4n) is 1.44. The van der Waals surface area contributed by atoms with Crippen LogP contribution in [0.15, 0.2) is 24.3 Å². The van der Waals surface area contributed by atoms with Crippen LogP contribution in [-0.4, -0.2) is 19.1 Å². The molecule has 1 aliphatic rings. The first-order valence-corrected chi connectivity index (χ1v) is 5.25. The third-order valence-electron chi connectivity index (χ3n) is 2.29. The number of benzene rings is 1. The molecule has 0 saturated carbocycles. The van der Waals surface area contributed by atoms with Crippen LogP contribution in [0.2, 0.25) is 5.02 Å². The number of halogens is 1. The SMILES string of the molecule is O=C(CC1COC1)Nc1cccc(Cl)c1. The monoisotopic (exact) mass is 225 g/mol. The number of hydrogen-bond donors (Lipinski definition) is 1. The van der Waals surface area contributed by atoms with Crippen LogP contribution < -0.4 is 5.32 Å². The number of ether oxygens (including phenoxy) is 1. The van der Waals surface area contributed by atoms with Gasteiger partial charge in [0.2, 0.25) is 5.91 Å². The van der Waals surface area contributed by atoms with Crippen LogP contribution in [0.1, 0.15) is 6.42 Å². The van der Waals surface area contributed by atoms with Crippen molar-refractivity contribution in [3.63, 3.8) is 0 Å². The highest BCUT2D eigenvalue weighted by molar-refractivity contribution is 6.30. The highest BCUT2D eigenvalue weighted by Gasteiger charge is 2.21. The van der Waals surface area contributed by atoms with Gasteiger partial charge in [-0.05, 0) is 18.2 Å². The topological polar surface area (TPSA) is 38.3 Å². The standard InChI is InChI=1S/C11H12ClNO2/c12-9-2-1-3-10(5-9)13-11(14)4-8-6-15-7-8/h1-3,5,8H,4,6-7H2,(H,13,14). The number of anilines is 1. The molecule has 1 saturated heterocycles. The maximum Gasteiger partial charge on any atom is 0.224 e. The molecular formula is C11H12ClNO2. The van der Waals surface area contributed by atoms with E-state index in [0.29, 0.717) is 30.6 Å². The van der Waals surface area contributed by atoms with Crippen LogP contribution in [0.3, 0.4) is 0 Å². The lowest BCUT2D eigenvalue weighted by Crippen LogP contribution is -2.31. The van der Waals surface area contributed by atoms with Crippen molar-refractivity contribution in [3.05, 3.63) is 29.3 Å². The Bertz CT molecular complexity index is 363. The minimum absolute atomic E-state index is 0.0190. The lowest BCUT2D eigenvalue weighted by molar-refractivity contribution is -0.121. The van der Waals surface area contributed by atoms with Crippen LogP contribution in [0.5, 0.6) is 0 Å². The average molecular weight is 226 g/mol. The minimum atomic E-state index is 0.0190. The number of nitrogens with one attached hydrogen (secondary N) is 1. The fourth-order valence-corrected chi connectivity index (χ4v) is 1.63. The Hall–Kier alpha value is -1.06. The summed E-state index contributed by atoms with van der Waals surface area (Å²) in [6.45, 7) is 1.39. The van der Waals surface area contributed by atoms with Gasteiger partial charge in [-0.25, -0.2) is 0 Å². The lowest BCUT2D eigenvalue weighted by Gasteiger charge is -2.25. The molecule has 1 aliphatic heterocycles. The molecule has 1 aromatic carbocycles. The molecule has 15 heavy (non-hydrogen) atoms. The zero-order chi connectivity index (χ0) is 10.7. The summed E-state index contributed by atoms with van der Waals surface area (Å²) in [5, 5.41) is 3.43. The highest BCUT2D eigenvalue weighted by Crippen LogP contribution is 2.18. The predicted molar refractivity (Wildman–Crippen MR) is 59.0 cm³/mol. The summed E-state index contributed by atoms with van der Waals surface area (Å²) in [6, 6.07) is 7.14. The van der Waals surface area contributed by atoms with Gasteiger partial charge in [-0.2, -0.15) is 0 Å². The van der Waals surface area contributed by atoms with Crippen LogP contribution in [0.4, 0.5) is 5.69 Å². The second kappa shape index (κ2) is 4.64. The van der Waals surface area contributed by atoms with E-state index in [2.05, 4.69) is 5.32 Å². The van der Waals surface area contributed by atoms with E-state index < -0.39 is 0 Å². The molecule has 1 amide bonds. The van der Waals surface area contributed by atoms with Gasteiger partial charge < -0.3 is 10.1 Å². The van der Waals surface area contributed by atoms with Gasteiger partial charge in [0.05, 0.1) is 13.2 Å². The maximum atomic E-state index is 11.5. The Balaban J connectivity index is 1.87. The second-order valence-corrected chi connectivity index (χ2v) is 4.10. The number of amides is 1. The normalized spacial score (nSPS) is 15.8. The fraction of sp³-hybridized carbons (Fsp3) is 0.364. The van der Waals surface area contributed by atoms with Crippen LogP contribution >= 0.6 is 11.6 Å². The van der Waals surface area contributed by atoms with Crippen LogP contribution in [0.25, 0.3) is 0 Å². The van der Waals surface area contributed by atoms with Gasteiger partial charge in [0.25, 0.3) is 0 Å². The van der Waals surface area contributed by atoms with Crippen molar-refractivity contribution in [2.45, 2.75) is 6.42 Å². The van der Waals surface area contributed by atoms with Crippen molar-refractivity contribution in [2.24, 2.45) is 5.92 Å². The van der Waals surface area contributed by atoms with E-state index >= 15 is 0 Å². The molecule has 0 unspecified atom stereocenters. The summed E-state index contributed by atoms with van der Waals surface area (Å²) in [5.74, 6) is 0.398. The molecular weight excluding hydrogens is 214 g/mol. The van der Waals surface area contributed by atoms with E-state index in [1.807, 2.05) is 12.1 Å². The van der Waals surface area contributed by atoms with Crippen molar-refractivity contribution in [1.82, 2.24) is 0 Å². The zero-order valence-corrected chi connectivity index (χ0v) is 8.96. The lowest BCUT2D eigenvalue weighted by atomic mass is 10.0. The smallest absolute Gasteiger partial charge is 0.224 e. The maximum absolute atomic E-state index is 11.5. The van der Waals surface area contributed by atoms with E-state index in [4.69, 9.17) is 16.3 Å². The Morgan fingerprint density at radius 2 is 2.33 bits per heavy atom. The Kier molecular flexibility index (Phi) is 3.23. The van der Waals surface area contributed by atoms with Crippen molar-refractivity contribution in [2.75, 3.05) is 18.5 Å². The van der Waals surface area contributed by atoms with Gasteiger partial charge in [0, 0.05) is 23.0 Å². The van der Waals surface area contributed by atoms with Crippen molar-refractivity contribution in [3.8, 4) is 0 Å². The van der Waals surface area contributed by atoms with Crippen molar-refractivity contribution >= 4 is 23.2 Å². The zero-order valence-electron chi connectivity index (χ0n) is 8.20. The first-order valence-electron chi connectivity index (χ1n) is 4.87. The molecule has 1 N–H and O–H groups in total.